The van der Waals surface area contributed by atoms with E-state index in [1.165, 1.54) is 17.1 Å². The van der Waals surface area contributed by atoms with Crippen LogP contribution in [0, 0.1) is 6.92 Å². The van der Waals surface area contributed by atoms with Gasteiger partial charge in [-0.25, -0.2) is 0 Å². The molecule has 0 aromatic carbocycles. The predicted octanol–water partition coefficient (Wildman–Crippen LogP) is 2.34. The zero-order valence-electron chi connectivity index (χ0n) is 8.69. The van der Waals surface area contributed by atoms with E-state index in [-0.39, 0.29) is 0 Å². The maximum absolute atomic E-state index is 4.35. The van der Waals surface area contributed by atoms with Crippen molar-refractivity contribution in [2.45, 2.75) is 13.8 Å². The number of nitrogens with zero attached hydrogens (tertiary/aromatic N) is 3. The van der Waals surface area contributed by atoms with Crippen LogP contribution >= 0.6 is 11.5 Å². The summed E-state index contributed by atoms with van der Waals surface area (Å²) in [6, 6.07) is 3.94. The van der Waals surface area contributed by atoms with Gasteiger partial charge in [-0.1, -0.05) is 0 Å². The molecule has 1 N–H and O–H groups in total. The highest BCUT2D eigenvalue weighted by atomic mass is 32.1. The first-order chi connectivity index (χ1) is 7.29. The van der Waals surface area contributed by atoms with Gasteiger partial charge in [0.2, 0.25) is 5.13 Å². The molecule has 4 nitrogen and oxygen atoms in total. The van der Waals surface area contributed by atoms with Crippen LogP contribution in [0.2, 0.25) is 0 Å². The van der Waals surface area contributed by atoms with Gasteiger partial charge < -0.3 is 5.32 Å². The van der Waals surface area contributed by atoms with E-state index in [0.29, 0.717) is 5.82 Å². The maximum atomic E-state index is 4.35. The normalized spacial score (nSPS) is 10.3. The van der Waals surface area contributed by atoms with Crippen LogP contribution in [0.1, 0.15) is 12.5 Å². The van der Waals surface area contributed by atoms with Gasteiger partial charge >= 0.3 is 0 Å². The Kier molecular flexibility index (Phi) is 2.91. The molecule has 0 amide bonds. The van der Waals surface area contributed by atoms with Crippen molar-refractivity contribution in [3.8, 4) is 11.5 Å². The highest BCUT2D eigenvalue weighted by Crippen LogP contribution is 2.19. The molecule has 2 rings (SSSR count). The first-order valence-corrected chi connectivity index (χ1v) is 5.57. The zero-order chi connectivity index (χ0) is 10.7. The first kappa shape index (κ1) is 10.0. The maximum Gasteiger partial charge on any atom is 0.202 e. The van der Waals surface area contributed by atoms with Crippen molar-refractivity contribution in [1.29, 1.82) is 0 Å². The lowest BCUT2D eigenvalue weighted by atomic mass is 10.2. The summed E-state index contributed by atoms with van der Waals surface area (Å²) >= 11 is 1.36. The Hall–Kier alpha value is -1.49. The molecule has 0 aliphatic rings. The highest BCUT2D eigenvalue weighted by Gasteiger charge is 2.06. The van der Waals surface area contributed by atoms with Crippen LogP contribution in [0.15, 0.2) is 18.3 Å². The predicted molar refractivity (Wildman–Crippen MR) is 62.0 cm³/mol. The van der Waals surface area contributed by atoms with Gasteiger partial charge in [0.15, 0.2) is 5.82 Å². The largest absolute Gasteiger partial charge is 0.361 e. The number of anilines is 1. The van der Waals surface area contributed by atoms with E-state index >= 15 is 0 Å². The summed E-state index contributed by atoms with van der Waals surface area (Å²) in [6.45, 7) is 4.92. The Balaban J connectivity index is 2.29. The molecule has 2 aromatic rings. The van der Waals surface area contributed by atoms with Crippen molar-refractivity contribution in [1.82, 2.24) is 14.3 Å². The zero-order valence-corrected chi connectivity index (χ0v) is 9.51. The van der Waals surface area contributed by atoms with Crippen LogP contribution in [0.25, 0.3) is 11.5 Å². The van der Waals surface area contributed by atoms with Gasteiger partial charge in [-0.05, 0) is 31.5 Å². The third-order valence-electron chi connectivity index (χ3n) is 1.90. The summed E-state index contributed by atoms with van der Waals surface area (Å²) in [5.74, 6) is 0.694. The van der Waals surface area contributed by atoms with Crippen LogP contribution in [-0.2, 0) is 0 Å². The van der Waals surface area contributed by atoms with Gasteiger partial charge in [0.05, 0.1) is 0 Å². The minimum absolute atomic E-state index is 0.694. The third-order valence-corrected chi connectivity index (χ3v) is 2.57. The van der Waals surface area contributed by atoms with E-state index in [0.717, 1.165) is 17.4 Å². The second-order valence-corrected chi connectivity index (χ2v) is 3.92. The number of pyridine rings is 1. The van der Waals surface area contributed by atoms with Gasteiger partial charge in [-0.2, -0.15) is 9.36 Å². The fraction of sp³-hybridized carbons (Fsp3) is 0.300. The van der Waals surface area contributed by atoms with Crippen molar-refractivity contribution in [3.05, 3.63) is 23.9 Å². The lowest BCUT2D eigenvalue weighted by Crippen LogP contribution is -1.95. The summed E-state index contributed by atoms with van der Waals surface area (Å²) in [7, 11) is 0. The number of aromatic nitrogens is 3. The molecule has 2 heterocycles. The molecule has 0 atom stereocenters. The van der Waals surface area contributed by atoms with Crippen molar-refractivity contribution in [2.75, 3.05) is 11.9 Å². The van der Waals surface area contributed by atoms with E-state index < -0.39 is 0 Å². The lowest BCUT2D eigenvalue weighted by molar-refractivity contribution is 1.17. The Morgan fingerprint density at radius 1 is 1.47 bits per heavy atom. The number of aryl methyl sites for hydroxylation is 1. The highest BCUT2D eigenvalue weighted by molar-refractivity contribution is 7.09. The summed E-state index contributed by atoms with van der Waals surface area (Å²) in [5, 5.41) is 3.97. The minimum Gasteiger partial charge on any atom is -0.361 e. The number of rotatable bonds is 3. The summed E-state index contributed by atoms with van der Waals surface area (Å²) < 4.78 is 4.25. The molecule has 0 saturated heterocycles. The summed E-state index contributed by atoms with van der Waals surface area (Å²) in [5.41, 5.74) is 2.00. The Bertz CT molecular complexity index is 452. The van der Waals surface area contributed by atoms with Crippen LogP contribution in [0.3, 0.4) is 0 Å². The lowest BCUT2D eigenvalue weighted by Gasteiger charge is -1.95. The topological polar surface area (TPSA) is 50.7 Å². The van der Waals surface area contributed by atoms with Crippen LogP contribution in [0.5, 0.6) is 0 Å². The molecule has 0 radical (unpaired) electrons. The van der Waals surface area contributed by atoms with E-state index in [2.05, 4.69) is 19.7 Å². The van der Waals surface area contributed by atoms with Gasteiger partial charge in [0.1, 0.15) is 5.69 Å². The third kappa shape index (κ3) is 2.30. The molecular formula is C10H12N4S. The number of hydrogen-bond acceptors (Lipinski definition) is 5. The molecule has 5 heteroatoms. The fourth-order valence-corrected chi connectivity index (χ4v) is 1.85. The second kappa shape index (κ2) is 4.35. The Morgan fingerprint density at radius 3 is 3.07 bits per heavy atom. The van der Waals surface area contributed by atoms with Crippen LogP contribution in [0.4, 0.5) is 5.13 Å². The molecule has 0 fully saturated rings. The minimum atomic E-state index is 0.694. The van der Waals surface area contributed by atoms with Gasteiger partial charge in [-0.15, -0.1) is 0 Å². The van der Waals surface area contributed by atoms with Crippen molar-refractivity contribution in [3.63, 3.8) is 0 Å². The average Bonchev–Trinajstić information content (AvgIpc) is 2.67. The Labute approximate surface area is 92.6 Å². The quantitative estimate of drug-likeness (QED) is 0.862. The number of nitrogens with one attached hydrogen (secondary N) is 1. The molecule has 0 aliphatic carbocycles. The molecule has 0 spiro atoms. The van der Waals surface area contributed by atoms with Crippen LogP contribution < -0.4 is 5.32 Å². The monoisotopic (exact) mass is 220 g/mol. The average molecular weight is 220 g/mol. The molecule has 0 aliphatic heterocycles. The van der Waals surface area contributed by atoms with Crippen LogP contribution in [-0.4, -0.2) is 20.9 Å². The second-order valence-electron chi connectivity index (χ2n) is 3.17. The molecular weight excluding hydrogens is 208 g/mol. The smallest absolute Gasteiger partial charge is 0.202 e. The van der Waals surface area contributed by atoms with Gasteiger partial charge in [0, 0.05) is 24.3 Å². The van der Waals surface area contributed by atoms with Crippen molar-refractivity contribution < 1.29 is 0 Å². The number of hydrogen-bond donors (Lipinski definition) is 1. The van der Waals surface area contributed by atoms with Crippen molar-refractivity contribution in [2.24, 2.45) is 0 Å². The van der Waals surface area contributed by atoms with E-state index in [1.54, 1.807) is 6.20 Å². The van der Waals surface area contributed by atoms with E-state index in [1.807, 2.05) is 26.0 Å². The van der Waals surface area contributed by atoms with E-state index in [9.17, 15) is 0 Å². The Morgan fingerprint density at radius 2 is 2.33 bits per heavy atom. The summed E-state index contributed by atoms with van der Waals surface area (Å²) in [6.07, 6.45) is 1.78. The molecule has 2 aromatic heterocycles. The van der Waals surface area contributed by atoms with Gasteiger partial charge in [-0.3, -0.25) is 4.98 Å². The molecule has 78 valence electrons. The molecule has 15 heavy (non-hydrogen) atoms. The standard InChI is InChI=1S/C10H12N4S/c1-3-11-10-13-9(14-15-10)8-6-7(2)4-5-12-8/h4-6H,3H2,1-2H3,(H,11,13,14). The van der Waals surface area contributed by atoms with Gasteiger partial charge in [0.25, 0.3) is 0 Å². The SMILES string of the molecule is CCNc1nc(-c2cc(C)ccn2)ns1. The summed E-state index contributed by atoms with van der Waals surface area (Å²) in [4.78, 5) is 8.58. The fourth-order valence-electron chi connectivity index (χ4n) is 1.21. The first-order valence-electron chi connectivity index (χ1n) is 4.80. The van der Waals surface area contributed by atoms with Crippen molar-refractivity contribution >= 4 is 16.7 Å². The molecule has 0 bridgehead atoms. The molecule has 0 unspecified atom stereocenters. The van der Waals surface area contributed by atoms with E-state index in [4.69, 9.17) is 0 Å². The molecule has 0 saturated carbocycles.